The van der Waals surface area contributed by atoms with Crippen LogP contribution in [-0.4, -0.2) is 65.1 Å². The molecule has 23 heavy (non-hydrogen) atoms. The van der Waals surface area contributed by atoms with E-state index in [1.54, 1.807) is 0 Å². The van der Waals surface area contributed by atoms with Crippen molar-refractivity contribution in [3.8, 4) is 0 Å². The minimum atomic E-state index is 0.663. The Morgan fingerprint density at radius 3 is 2.61 bits per heavy atom. The van der Waals surface area contributed by atoms with E-state index in [9.17, 15) is 0 Å². The molecule has 0 bridgehead atoms. The highest BCUT2D eigenvalue weighted by Crippen LogP contribution is 2.29. The molecule has 2 unspecified atom stereocenters. The Labute approximate surface area is 144 Å². The third-order valence-corrected chi connectivity index (χ3v) is 6.09. The number of anilines is 1. The van der Waals surface area contributed by atoms with Gasteiger partial charge in [0.25, 0.3) is 0 Å². The molecule has 0 radical (unpaired) electrons. The summed E-state index contributed by atoms with van der Waals surface area (Å²) in [5, 5.41) is 4.53. The summed E-state index contributed by atoms with van der Waals surface area (Å²) in [5.74, 6) is 2.11. The van der Waals surface area contributed by atoms with Crippen LogP contribution in [0.1, 0.15) is 31.7 Å². The van der Waals surface area contributed by atoms with E-state index in [0.29, 0.717) is 6.04 Å². The zero-order valence-electron chi connectivity index (χ0n) is 14.4. The molecule has 6 heteroatoms. The Balaban J connectivity index is 1.45. The summed E-state index contributed by atoms with van der Waals surface area (Å²) in [6, 6.07) is 0.663. The fraction of sp³-hybridized carbons (Fsp3) is 0.765. The van der Waals surface area contributed by atoms with Crippen molar-refractivity contribution in [1.82, 2.24) is 20.2 Å². The first-order valence-corrected chi connectivity index (χ1v) is 9.89. The fourth-order valence-corrected chi connectivity index (χ4v) is 4.53. The molecule has 1 aliphatic heterocycles. The van der Waals surface area contributed by atoms with Crippen molar-refractivity contribution in [2.75, 3.05) is 43.9 Å². The van der Waals surface area contributed by atoms with Crippen molar-refractivity contribution in [2.24, 2.45) is 0 Å². The predicted molar refractivity (Wildman–Crippen MR) is 98.1 cm³/mol. The van der Waals surface area contributed by atoms with E-state index in [-0.39, 0.29) is 0 Å². The smallest absolute Gasteiger partial charge is 0.225 e. The van der Waals surface area contributed by atoms with Gasteiger partial charge in [-0.15, -0.1) is 0 Å². The van der Waals surface area contributed by atoms with Gasteiger partial charge in [-0.3, -0.25) is 0 Å². The molecule has 1 N–H and O–H groups in total. The van der Waals surface area contributed by atoms with E-state index in [2.05, 4.69) is 50.8 Å². The second-order valence-electron chi connectivity index (χ2n) is 6.65. The number of nitrogens with zero attached hydrogens (tertiary/aromatic N) is 4. The number of piperazine rings is 1. The largest absolute Gasteiger partial charge is 0.338 e. The zero-order chi connectivity index (χ0) is 16.1. The molecule has 0 amide bonds. The van der Waals surface area contributed by atoms with Gasteiger partial charge in [0, 0.05) is 62.0 Å². The number of likely N-dealkylation sites (N-methyl/N-ethyl adjacent to an activating group) is 1. The van der Waals surface area contributed by atoms with E-state index < -0.39 is 0 Å². The number of rotatable bonds is 6. The second kappa shape index (κ2) is 8.31. The maximum atomic E-state index is 4.57. The quantitative estimate of drug-likeness (QED) is 0.858. The van der Waals surface area contributed by atoms with Gasteiger partial charge < -0.3 is 15.1 Å². The molecule has 0 spiro atoms. The second-order valence-corrected chi connectivity index (χ2v) is 8.23. The number of thioether (sulfide) groups is 1. The van der Waals surface area contributed by atoms with Crippen LogP contribution in [0.2, 0.25) is 0 Å². The molecule has 2 fully saturated rings. The zero-order valence-corrected chi connectivity index (χ0v) is 15.2. The number of hydrogen-bond acceptors (Lipinski definition) is 6. The van der Waals surface area contributed by atoms with Gasteiger partial charge in [0.15, 0.2) is 0 Å². The van der Waals surface area contributed by atoms with Crippen LogP contribution < -0.4 is 10.2 Å². The van der Waals surface area contributed by atoms with Crippen LogP contribution in [-0.2, 0) is 6.54 Å². The first kappa shape index (κ1) is 17.0. The molecule has 2 atom stereocenters. The standard InChI is InChI=1S/C17H29N5S/c1-3-23-16-5-4-15(10-16)18-11-14-12-19-17(20-13-14)22-8-6-21(2)7-9-22/h12-13,15-16,18H,3-11H2,1-2H3. The normalized spacial score (nSPS) is 25.9. The van der Waals surface area contributed by atoms with Crippen LogP contribution in [0.4, 0.5) is 5.95 Å². The minimum Gasteiger partial charge on any atom is -0.338 e. The van der Waals surface area contributed by atoms with Gasteiger partial charge in [-0.25, -0.2) is 9.97 Å². The average molecular weight is 336 g/mol. The summed E-state index contributed by atoms with van der Waals surface area (Å²) in [5.41, 5.74) is 1.19. The molecular formula is C17H29N5S. The third-order valence-electron chi connectivity index (χ3n) is 4.86. The van der Waals surface area contributed by atoms with Gasteiger partial charge in [0.1, 0.15) is 0 Å². The molecular weight excluding hydrogens is 306 g/mol. The topological polar surface area (TPSA) is 44.3 Å². The fourth-order valence-electron chi connectivity index (χ4n) is 3.38. The predicted octanol–water partition coefficient (Wildman–Crippen LogP) is 1.99. The van der Waals surface area contributed by atoms with E-state index in [0.717, 1.165) is 43.9 Å². The van der Waals surface area contributed by atoms with Crippen molar-refractivity contribution < 1.29 is 0 Å². The summed E-state index contributed by atoms with van der Waals surface area (Å²) in [6.07, 6.45) is 7.94. The summed E-state index contributed by atoms with van der Waals surface area (Å²) in [4.78, 5) is 13.8. The van der Waals surface area contributed by atoms with Gasteiger partial charge in [-0.05, 0) is 32.1 Å². The highest BCUT2D eigenvalue weighted by Gasteiger charge is 2.24. The number of hydrogen-bond donors (Lipinski definition) is 1. The SMILES string of the molecule is CCSC1CCC(NCc2cnc(N3CCN(C)CC3)nc2)C1. The van der Waals surface area contributed by atoms with E-state index in [4.69, 9.17) is 0 Å². The summed E-state index contributed by atoms with van der Waals surface area (Å²) in [6.45, 7) is 7.36. The van der Waals surface area contributed by atoms with Crippen molar-refractivity contribution in [2.45, 2.75) is 44.0 Å². The monoisotopic (exact) mass is 335 g/mol. The Kier molecular flexibility index (Phi) is 6.14. The molecule has 1 aliphatic carbocycles. The van der Waals surface area contributed by atoms with Gasteiger partial charge in [-0.1, -0.05) is 6.92 Å². The molecule has 1 saturated carbocycles. The van der Waals surface area contributed by atoms with Gasteiger partial charge >= 0.3 is 0 Å². The lowest BCUT2D eigenvalue weighted by Gasteiger charge is -2.32. The number of aromatic nitrogens is 2. The molecule has 128 valence electrons. The highest BCUT2D eigenvalue weighted by atomic mass is 32.2. The summed E-state index contributed by atoms with van der Waals surface area (Å²) in [7, 11) is 2.17. The van der Waals surface area contributed by atoms with Crippen molar-refractivity contribution in [1.29, 1.82) is 0 Å². The van der Waals surface area contributed by atoms with Crippen LogP contribution in [0.5, 0.6) is 0 Å². The summed E-state index contributed by atoms with van der Waals surface area (Å²) < 4.78 is 0. The Bertz CT molecular complexity index is 472. The maximum absolute atomic E-state index is 4.57. The maximum Gasteiger partial charge on any atom is 0.225 e. The van der Waals surface area contributed by atoms with E-state index in [1.165, 1.54) is 30.6 Å². The molecule has 1 saturated heterocycles. The Morgan fingerprint density at radius 1 is 1.17 bits per heavy atom. The first-order valence-electron chi connectivity index (χ1n) is 8.84. The lowest BCUT2D eigenvalue weighted by Crippen LogP contribution is -2.45. The van der Waals surface area contributed by atoms with Crippen LogP contribution in [0.25, 0.3) is 0 Å². The minimum absolute atomic E-state index is 0.663. The third kappa shape index (κ3) is 4.81. The lowest BCUT2D eigenvalue weighted by atomic mass is 10.2. The molecule has 5 nitrogen and oxygen atoms in total. The first-order chi connectivity index (χ1) is 11.2. The van der Waals surface area contributed by atoms with Gasteiger partial charge in [0.2, 0.25) is 5.95 Å². The Hall–Kier alpha value is -0.850. The average Bonchev–Trinajstić information content (AvgIpc) is 3.02. The molecule has 1 aromatic heterocycles. The van der Waals surface area contributed by atoms with Crippen molar-refractivity contribution in [3.05, 3.63) is 18.0 Å². The molecule has 3 rings (SSSR count). The molecule has 0 aromatic carbocycles. The number of nitrogens with one attached hydrogen (secondary N) is 1. The Morgan fingerprint density at radius 2 is 1.91 bits per heavy atom. The van der Waals surface area contributed by atoms with Crippen LogP contribution in [0.3, 0.4) is 0 Å². The lowest BCUT2D eigenvalue weighted by molar-refractivity contribution is 0.311. The van der Waals surface area contributed by atoms with Gasteiger partial charge in [0.05, 0.1) is 0 Å². The van der Waals surface area contributed by atoms with Crippen molar-refractivity contribution >= 4 is 17.7 Å². The van der Waals surface area contributed by atoms with E-state index >= 15 is 0 Å². The van der Waals surface area contributed by atoms with Crippen LogP contribution in [0, 0.1) is 0 Å². The summed E-state index contributed by atoms with van der Waals surface area (Å²) >= 11 is 2.11. The van der Waals surface area contributed by atoms with E-state index in [1.807, 2.05) is 12.4 Å². The van der Waals surface area contributed by atoms with Crippen molar-refractivity contribution in [3.63, 3.8) is 0 Å². The highest BCUT2D eigenvalue weighted by molar-refractivity contribution is 7.99. The van der Waals surface area contributed by atoms with Crippen LogP contribution in [0.15, 0.2) is 12.4 Å². The van der Waals surface area contributed by atoms with Gasteiger partial charge in [-0.2, -0.15) is 11.8 Å². The molecule has 1 aromatic rings. The van der Waals surface area contributed by atoms with Crippen LogP contribution >= 0.6 is 11.8 Å². The molecule has 2 aliphatic rings. The molecule has 2 heterocycles.